The van der Waals surface area contributed by atoms with Crippen molar-refractivity contribution in [3.8, 4) is 0 Å². The van der Waals surface area contributed by atoms with Gasteiger partial charge >= 0.3 is 0 Å². The Kier molecular flexibility index (Phi) is 2.76. The van der Waals surface area contributed by atoms with Gasteiger partial charge in [-0.2, -0.15) is 0 Å². The molecule has 1 aliphatic carbocycles. The van der Waals surface area contributed by atoms with E-state index >= 15 is 0 Å². The van der Waals surface area contributed by atoms with Gasteiger partial charge in [0.25, 0.3) is 0 Å². The van der Waals surface area contributed by atoms with Gasteiger partial charge in [0.05, 0.1) is 11.4 Å². The van der Waals surface area contributed by atoms with Gasteiger partial charge in [-0.15, -0.1) is 11.3 Å². The number of allylic oxidation sites excluding steroid dienone is 4. The van der Waals surface area contributed by atoms with Crippen LogP contribution in [0, 0.1) is 13.5 Å². The SMILES string of the molecule is [C-]#[N+]/C(C)=C1/C(=C(C)C)C(=O)c2scc(C)c21. The van der Waals surface area contributed by atoms with E-state index in [1.54, 1.807) is 6.92 Å². The summed E-state index contributed by atoms with van der Waals surface area (Å²) in [6.45, 7) is 14.8. The van der Waals surface area contributed by atoms with Crippen molar-refractivity contribution < 1.29 is 4.79 Å². The Bertz CT molecular complexity index is 619. The summed E-state index contributed by atoms with van der Waals surface area (Å²) >= 11 is 1.48. The van der Waals surface area contributed by atoms with Gasteiger partial charge in [0.2, 0.25) is 5.78 Å². The number of carbonyl (C=O) groups is 1. The lowest BCUT2D eigenvalue weighted by Gasteiger charge is -2.06. The first-order chi connectivity index (χ1) is 7.99. The molecule has 0 amide bonds. The van der Waals surface area contributed by atoms with Crippen LogP contribution in [0.25, 0.3) is 10.4 Å². The van der Waals surface area contributed by atoms with Gasteiger partial charge in [-0.1, -0.05) is 5.57 Å². The molecule has 1 heterocycles. The maximum atomic E-state index is 12.3. The lowest BCUT2D eigenvalue weighted by molar-refractivity contribution is 0.104. The molecule has 0 spiro atoms. The van der Waals surface area contributed by atoms with Crippen molar-refractivity contribution in [2.24, 2.45) is 0 Å². The summed E-state index contributed by atoms with van der Waals surface area (Å²) < 4.78 is 0. The smallest absolute Gasteiger partial charge is 0.202 e. The van der Waals surface area contributed by atoms with E-state index in [1.807, 2.05) is 26.2 Å². The van der Waals surface area contributed by atoms with E-state index < -0.39 is 0 Å². The number of ketones is 1. The summed E-state index contributed by atoms with van der Waals surface area (Å²) in [5.41, 5.74) is 5.23. The number of rotatable bonds is 0. The zero-order chi connectivity index (χ0) is 12.7. The second-order valence-corrected chi connectivity index (χ2v) is 5.28. The minimum Gasteiger partial charge on any atom is -0.288 e. The third-order valence-corrected chi connectivity index (χ3v) is 4.03. The van der Waals surface area contributed by atoms with Crippen molar-refractivity contribution in [2.75, 3.05) is 0 Å². The number of carbonyl (C=O) groups excluding carboxylic acids is 1. The Balaban J connectivity index is 2.88. The molecule has 3 heteroatoms. The van der Waals surface area contributed by atoms with Crippen LogP contribution in [0.1, 0.15) is 41.6 Å². The third kappa shape index (κ3) is 1.57. The number of fused-ring (bicyclic) bond motifs is 1. The van der Waals surface area contributed by atoms with Gasteiger partial charge < -0.3 is 0 Å². The Hall–Kier alpha value is -1.66. The number of hydrogen-bond acceptors (Lipinski definition) is 2. The normalized spacial score (nSPS) is 16.9. The molecule has 0 aliphatic heterocycles. The van der Waals surface area contributed by atoms with Crippen LogP contribution < -0.4 is 0 Å². The summed E-state index contributed by atoms with van der Waals surface area (Å²) in [5, 5.41) is 1.99. The predicted molar refractivity (Wildman–Crippen MR) is 71.0 cm³/mol. The van der Waals surface area contributed by atoms with Gasteiger partial charge in [0.1, 0.15) is 0 Å². The van der Waals surface area contributed by atoms with Gasteiger partial charge in [-0.3, -0.25) is 4.79 Å². The van der Waals surface area contributed by atoms with E-state index in [4.69, 9.17) is 6.57 Å². The quantitative estimate of drug-likeness (QED) is 0.493. The molecule has 0 N–H and O–H groups in total. The molecule has 0 atom stereocenters. The molecule has 1 aliphatic rings. The summed E-state index contributed by atoms with van der Waals surface area (Å²) in [4.78, 5) is 16.6. The van der Waals surface area contributed by atoms with Crippen LogP contribution in [0.2, 0.25) is 0 Å². The van der Waals surface area contributed by atoms with E-state index in [1.165, 1.54) is 11.3 Å². The highest BCUT2D eigenvalue weighted by atomic mass is 32.1. The number of nitrogens with zero attached hydrogens (tertiary/aromatic N) is 1. The van der Waals surface area contributed by atoms with Gasteiger partial charge in [-0.25, -0.2) is 4.85 Å². The number of aryl methyl sites for hydroxylation is 1. The minimum atomic E-state index is 0.0797. The summed E-state index contributed by atoms with van der Waals surface area (Å²) in [6, 6.07) is 0. The highest BCUT2D eigenvalue weighted by molar-refractivity contribution is 7.13. The monoisotopic (exact) mass is 243 g/mol. The highest BCUT2D eigenvalue weighted by Gasteiger charge is 2.34. The molecule has 0 saturated heterocycles. The molecule has 0 saturated carbocycles. The fourth-order valence-electron chi connectivity index (χ4n) is 2.17. The zero-order valence-corrected chi connectivity index (χ0v) is 11.2. The van der Waals surface area contributed by atoms with Gasteiger partial charge in [-0.05, 0) is 49.8 Å². The summed E-state index contributed by atoms with van der Waals surface area (Å²) in [6.07, 6.45) is 0. The summed E-state index contributed by atoms with van der Waals surface area (Å²) in [7, 11) is 0. The molecule has 0 aromatic carbocycles. The molecule has 0 unspecified atom stereocenters. The van der Waals surface area contributed by atoms with Crippen molar-refractivity contribution in [2.45, 2.75) is 27.7 Å². The number of Topliss-reactive ketones (excluding diaryl/α,β-unsaturated/α-hetero) is 1. The molecular formula is C14H13NOS. The molecule has 2 rings (SSSR count). The Morgan fingerprint density at radius 3 is 2.47 bits per heavy atom. The third-order valence-electron chi connectivity index (χ3n) is 2.94. The molecule has 0 bridgehead atoms. The van der Waals surface area contributed by atoms with Crippen molar-refractivity contribution in [1.82, 2.24) is 0 Å². The largest absolute Gasteiger partial charge is 0.288 e. The maximum Gasteiger partial charge on any atom is 0.202 e. The van der Waals surface area contributed by atoms with Crippen LogP contribution in [-0.4, -0.2) is 5.78 Å². The average Bonchev–Trinajstić information content (AvgIpc) is 2.78. The van der Waals surface area contributed by atoms with Gasteiger partial charge in [0, 0.05) is 5.57 Å². The Labute approximate surface area is 105 Å². The predicted octanol–water partition coefficient (Wildman–Crippen LogP) is 4.24. The molecule has 0 fully saturated rings. The van der Waals surface area contributed by atoms with Crippen LogP contribution in [0.5, 0.6) is 0 Å². The fraction of sp³-hybridized carbons (Fsp3) is 0.286. The lowest BCUT2D eigenvalue weighted by Crippen LogP contribution is -1.96. The van der Waals surface area contributed by atoms with E-state index in [9.17, 15) is 4.79 Å². The lowest BCUT2D eigenvalue weighted by atomic mass is 9.98. The van der Waals surface area contributed by atoms with E-state index in [0.29, 0.717) is 5.70 Å². The van der Waals surface area contributed by atoms with Crippen LogP contribution in [0.4, 0.5) is 0 Å². The first-order valence-corrected chi connectivity index (χ1v) is 6.26. The van der Waals surface area contributed by atoms with Gasteiger partial charge in [0.15, 0.2) is 5.70 Å². The van der Waals surface area contributed by atoms with Crippen molar-refractivity contribution in [3.05, 3.63) is 49.6 Å². The highest BCUT2D eigenvalue weighted by Crippen LogP contribution is 2.45. The molecule has 1 aromatic heterocycles. The first-order valence-electron chi connectivity index (χ1n) is 5.38. The molecule has 86 valence electrons. The molecule has 17 heavy (non-hydrogen) atoms. The van der Waals surface area contributed by atoms with Crippen LogP contribution in [0.3, 0.4) is 0 Å². The minimum absolute atomic E-state index is 0.0797. The molecule has 1 aromatic rings. The van der Waals surface area contributed by atoms with Crippen LogP contribution >= 0.6 is 11.3 Å². The van der Waals surface area contributed by atoms with Crippen molar-refractivity contribution >= 4 is 22.7 Å². The topological polar surface area (TPSA) is 21.4 Å². The average molecular weight is 243 g/mol. The number of hydrogen-bond donors (Lipinski definition) is 0. The standard InChI is InChI=1S/C14H13NOS/c1-7(2)10-12(9(4)15-5)11-8(3)6-17-14(11)13(10)16/h6H,1-4H3/b12-9-. The molecular weight excluding hydrogens is 230 g/mol. The molecule has 2 nitrogen and oxygen atoms in total. The van der Waals surface area contributed by atoms with E-state index in [-0.39, 0.29) is 5.78 Å². The van der Waals surface area contributed by atoms with Crippen molar-refractivity contribution in [1.29, 1.82) is 0 Å². The zero-order valence-electron chi connectivity index (χ0n) is 10.3. The van der Waals surface area contributed by atoms with Crippen LogP contribution in [-0.2, 0) is 0 Å². The molecule has 0 radical (unpaired) electrons. The Morgan fingerprint density at radius 2 is 1.94 bits per heavy atom. The Morgan fingerprint density at radius 1 is 1.29 bits per heavy atom. The van der Waals surface area contributed by atoms with E-state index in [0.717, 1.165) is 32.7 Å². The van der Waals surface area contributed by atoms with Crippen LogP contribution in [0.15, 0.2) is 22.2 Å². The number of thiophene rings is 1. The van der Waals surface area contributed by atoms with Crippen molar-refractivity contribution in [3.63, 3.8) is 0 Å². The second-order valence-electron chi connectivity index (χ2n) is 4.40. The second kappa shape index (κ2) is 3.97. The summed E-state index contributed by atoms with van der Waals surface area (Å²) in [5.74, 6) is 0.0797. The first kappa shape index (κ1) is 11.8. The van der Waals surface area contributed by atoms with E-state index in [2.05, 4.69) is 4.85 Å². The maximum absolute atomic E-state index is 12.3. The fourth-order valence-corrected chi connectivity index (χ4v) is 3.17.